The number of nitrogens with zero attached hydrogens (tertiary/aromatic N) is 2. The number of hydrogen-bond donors (Lipinski definition) is 0. The minimum Gasteiger partial charge on any atom is -0.493 e. The quantitative estimate of drug-likeness (QED) is 0.602. The minimum atomic E-state index is 0.557. The molecule has 3 aromatic rings. The van der Waals surface area contributed by atoms with Gasteiger partial charge in [-0.2, -0.15) is 0 Å². The zero-order valence-electron chi connectivity index (χ0n) is 14.4. The molecule has 0 fully saturated rings. The monoisotopic (exact) mass is 402 g/mol. The van der Waals surface area contributed by atoms with Gasteiger partial charge in [-0.1, -0.05) is 34.6 Å². The van der Waals surface area contributed by atoms with E-state index < -0.39 is 0 Å². The topological polar surface area (TPSA) is 45.5 Å². The van der Waals surface area contributed by atoms with Crippen molar-refractivity contribution in [1.29, 1.82) is 0 Å². The van der Waals surface area contributed by atoms with Gasteiger partial charge in [-0.25, -0.2) is 4.98 Å². The molecule has 1 heterocycles. The van der Waals surface area contributed by atoms with Crippen molar-refractivity contribution < 1.29 is 14.2 Å². The molecule has 0 aliphatic carbocycles. The van der Waals surface area contributed by atoms with E-state index in [4.69, 9.17) is 19.2 Å². The molecule has 0 aliphatic rings. The van der Waals surface area contributed by atoms with Crippen LogP contribution in [0.15, 0.2) is 47.5 Å². The summed E-state index contributed by atoms with van der Waals surface area (Å²) >= 11 is 3.45. The largest absolute Gasteiger partial charge is 0.493 e. The number of aromatic nitrogens is 2. The predicted octanol–water partition coefficient (Wildman–Crippen LogP) is 4.64. The average molecular weight is 403 g/mol. The van der Waals surface area contributed by atoms with Crippen molar-refractivity contribution in [1.82, 2.24) is 9.55 Å². The van der Waals surface area contributed by atoms with E-state index in [1.807, 2.05) is 36.4 Å². The van der Waals surface area contributed by atoms with Gasteiger partial charge in [0, 0.05) is 10.0 Å². The third-order valence-electron chi connectivity index (χ3n) is 3.91. The third-order valence-corrected chi connectivity index (χ3v) is 4.16. The van der Waals surface area contributed by atoms with E-state index in [1.54, 1.807) is 21.3 Å². The van der Waals surface area contributed by atoms with Gasteiger partial charge in [-0.15, -0.1) is 0 Å². The number of ether oxygens (including phenoxy) is 3. The standard InChI is InChI=1S/C19H19BrN2O3/c1-12(20)11-22-15-8-6-5-7-14(15)21-19(22)13-9-16(23-2)18(25-4)17(10-13)24-3/h5-10H,1,11H2,2-4H3. The van der Waals surface area contributed by atoms with Gasteiger partial charge in [-0.05, 0) is 24.3 Å². The summed E-state index contributed by atoms with van der Waals surface area (Å²) in [5.41, 5.74) is 2.83. The van der Waals surface area contributed by atoms with Gasteiger partial charge in [0.05, 0.1) is 38.9 Å². The lowest BCUT2D eigenvalue weighted by Crippen LogP contribution is -2.02. The van der Waals surface area contributed by atoms with Crippen LogP contribution >= 0.6 is 15.9 Å². The van der Waals surface area contributed by atoms with Crippen LogP contribution < -0.4 is 14.2 Å². The van der Waals surface area contributed by atoms with Gasteiger partial charge >= 0.3 is 0 Å². The molecule has 0 bridgehead atoms. The fourth-order valence-electron chi connectivity index (χ4n) is 2.84. The third kappa shape index (κ3) is 3.22. The molecule has 1 aromatic heterocycles. The Bertz CT molecular complexity index is 909. The molecule has 3 rings (SSSR count). The number of imidazole rings is 1. The van der Waals surface area contributed by atoms with Crippen LogP contribution in [0.2, 0.25) is 0 Å². The molecule has 6 heteroatoms. The van der Waals surface area contributed by atoms with Crippen molar-refractivity contribution >= 4 is 27.0 Å². The van der Waals surface area contributed by atoms with Gasteiger partial charge in [0.25, 0.3) is 0 Å². The van der Waals surface area contributed by atoms with Gasteiger partial charge in [0.2, 0.25) is 5.75 Å². The molecule has 0 amide bonds. The summed E-state index contributed by atoms with van der Waals surface area (Å²) in [5, 5.41) is 0. The zero-order chi connectivity index (χ0) is 18.0. The highest BCUT2D eigenvalue weighted by Gasteiger charge is 2.18. The zero-order valence-corrected chi connectivity index (χ0v) is 16.0. The molecule has 0 N–H and O–H groups in total. The van der Waals surface area contributed by atoms with Gasteiger partial charge < -0.3 is 18.8 Å². The smallest absolute Gasteiger partial charge is 0.203 e. The summed E-state index contributed by atoms with van der Waals surface area (Å²) in [4.78, 5) is 4.79. The van der Waals surface area contributed by atoms with Crippen LogP contribution in [0.1, 0.15) is 0 Å². The van der Waals surface area contributed by atoms with Crippen molar-refractivity contribution in [3.05, 3.63) is 47.5 Å². The summed E-state index contributed by atoms with van der Waals surface area (Å²) in [6.45, 7) is 4.57. The Morgan fingerprint density at radius 1 is 1.08 bits per heavy atom. The van der Waals surface area contributed by atoms with Crippen LogP contribution in [0.4, 0.5) is 0 Å². The second kappa shape index (κ2) is 7.19. The van der Waals surface area contributed by atoms with Crippen LogP contribution in [-0.2, 0) is 6.54 Å². The van der Waals surface area contributed by atoms with E-state index in [0.29, 0.717) is 23.8 Å². The first-order valence-corrected chi connectivity index (χ1v) is 8.47. The molecular weight excluding hydrogens is 384 g/mol. The molecule has 25 heavy (non-hydrogen) atoms. The number of para-hydroxylation sites is 2. The lowest BCUT2D eigenvalue weighted by atomic mass is 10.1. The Kier molecular flexibility index (Phi) is 4.99. The van der Waals surface area contributed by atoms with E-state index in [-0.39, 0.29) is 0 Å². The summed E-state index contributed by atoms with van der Waals surface area (Å²) in [6, 6.07) is 11.8. The SMILES string of the molecule is C=C(Br)Cn1c(-c2cc(OC)c(OC)c(OC)c2)nc2ccccc21. The lowest BCUT2D eigenvalue weighted by Gasteiger charge is -2.15. The molecule has 5 nitrogen and oxygen atoms in total. The maximum Gasteiger partial charge on any atom is 0.203 e. The molecule has 0 radical (unpaired) electrons. The Morgan fingerprint density at radius 2 is 1.72 bits per heavy atom. The number of benzene rings is 2. The van der Waals surface area contributed by atoms with Crippen molar-refractivity contribution in [2.45, 2.75) is 6.54 Å². The first-order chi connectivity index (χ1) is 12.1. The normalized spacial score (nSPS) is 10.7. The second-order valence-corrected chi connectivity index (χ2v) is 6.56. The molecule has 2 aromatic carbocycles. The highest BCUT2D eigenvalue weighted by molar-refractivity contribution is 9.11. The van der Waals surface area contributed by atoms with Gasteiger partial charge in [-0.3, -0.25) is 0 Å². The fourth-order valence-corrected chi connectivity index (χ4v) is 3.09. The van der Waals surface area contributed by atoms with E-state index in [2.05, 4.69) is 27.1 Å². The lowest BCUT2D eigenvalue weighted by molar-refractivity contribution is 0.324. The van der Waals surface area contributed by atoms with Crippen molar-refractivity contribution in [3.8, 4) is 28.6 Å². The van der Waals surface area contributed by atoms with Crippen LogP contribution in [0.3, 0.4) is 0 Å². The van der Waals surface area contributed by atoms with E-state index in [0.717, 1.165) is 26.9 Å². The molecule has 0 aliphatic heterocycles. The minimum absolute atomic E-state index is 0.557. The number of halogens is 1. The average Bonchev–Trinajstić information content (AvgIpc) is 2.98. The molecular formula is C19H19BrN2O3. The van der Waals surface area contributed by atoms with E-state index >= 15 is 0 Å². The maximum atomic E-state index is 5.47. The van der Waals surface area contributed by atoms with Crippen LogP contribution in [0, 0.1) is 0 Å². The Balaban J connectivity index is 2.27. The molecule has 0 saturated carbocycles. The number of allylic oxidation sites excluding steroid dienone is 1. The molecule has 0 saturated heterocycles. The molecule has 0 unspecified atom stereocenters. The van der Waals surface area contributed by atoms with E-state index in [1.165, 1.54) is 0 Å². The Morgan fingerprint density at radius 3 is 2.28 bits per heavy atom. The van der Waals surface area contributed by atoms with Crippen molar-refractivity contribution in [2.24, 2.45) is 0 Å². The number of fused-ring (bicyclic) bond motifs is 1. The fraction of sp³-hybridized carbons (Fsp3) is 0.211. The molecule has 0 atom stereocenters. The number of rotatable bonds is 6. The van der Waals surface area contributed by atoms with Crippen molar-refractivity contribution in [3.63, 3.8) is 0 Å². The summed E-state index contributed by atoms with van der Waals surface area (Å²) in [7, 11) is 4.79. The van der Waals surface area contributed by atoms with E-state index in [9.17, 15) is 0 Å². The second-order valence-electron chi connectivity index (χ2n) is 5.44. The number of hydrogen-bond acceptors (Lipinski definition) is 4. The van der Waals surface area contributed by atoms with Crippen LogP contribution in [-0.4, -0.2) is 30.9 Å². The summed E-state index contributed by atoms with van der Waals surface area (Å²) < 4.78 is 19.3. The highest BCUT2D eigenvalue weighted by Crippen LogP contribution is 2.41. The Hall–Kier alpha value is -2.47. The predicted molar refractivity (Wildman–Crippen MR) is 103 cm³/mol. The molecule has 0 spiro atoms. The first kappa shape index (κ1) is 17.4. The number of methoxy groups -OCH3 is 3. The highest BCUT2D eigenvalue weighted by atomic mass is 79.9. The Labute approximate surface area is 155 Å². The van der Waals surface area contributed by atoms with Gasteiger partial charge in [0.15, 0.2) is 11.5 Å². The van der Waals surface area contributed by atoms with Gasteiger partial charge in [0.1, 0.15) is 5.82 Å². The van der Waals surface area contributed by atoms with Crippen LogP contribution in [0.25, 0.3) is 22.4 Å². The maximum absolute atomic E-state index is 5.47. The first-order valence-electron chi connectivity index (χ1n) is 7.68. The van der Waals surface area contributed by atoms with Crippen LogP contribution in [0.5, 0.6) is 17.2 Å². The summed E-state index contributed by atoms with van der Waals surface area (Å²) in [6.07, 6.45) is 0. The molecule has 130 valence electrons. The summed E-state index contributed by atoms with van der Waals surface area (Å²) in [5.74, 6) is 2.55. The van der Waals surface area contributed by atoms with Crippen molar-refractivity contribution in [2.75, 3.05) is 21.3 Å².